The molecular weight excluding hydrogens is 630 g/mol. The number of methoxy groups -OCH3 is 1. The predicted molar refractivity (Wildman–Crippen MR) is 145 cm³/mol. The van der Waals surface area contributed by atoms with Gasteiger partial charge < -0.3 is 10.9 Å². The monoisotopic (exact) mass is 672 g/mol. The van der Waals surface area contributed by atoms with E-state index in [1.165, 1.54) is 51.4 Å². The van der Waals surface area contributed by atoms with Crippen LogP contribution in [0.5, 0.6) is 0 Å². The molecule has 3 saturated carbocycles. The smallest absolute Gasteiger partial charge is 0.305 e. The Balaban J connectivity index is 0.00000141. The van der Waals surface area contributed by atoms with Gasteiger partial charge in [-0.15, -0.1) is 0 Å². The molecule has 0 spiro atoms. The number of fused-ring (bicyclic) bond motifs is 5. The topological polar surface area (TPSA) is 44.8 Å². The summed E-state index contributed by atoms with van der Waals surface area (Å²) in [7, 11) is 1.49. The standard InChI is InChI=1S/C24H36I2O4.C2H6/c1-23-12-10-19-22(18(23)8-7-15(23)5-4-6-21(27)28-3)20(30-26)14-16-13-17(29-25)9-11-24(16,19)2;1-2/h14-19,22H,4-13H2,1-3H3;1-2H3/t15?,16-,17+,18?,19?,22?,23?,24-;/m0./s1. The molecule has 6 heteroatoms. The largest absolute Gasteiger partial charge is 0.469 e. The second-order valence-corrected chi connectivity index (χ2v) is 11.7. The van der Waals surface area contributed by atoms with Crippen molar-refractivity contribution in [3.05, 3.63) is 11.8 Å². The Labute approximate surface area is 223 Å². The Hall–Kier alpha value is 0.430. The second kappa shape index (κ2) is 11.4. The highest BCUT2D eigenvalue weighted by Gasteiger charge is 2.61. The van der Waals surface area contributed by atoms with Crippen molar-refractivity contribution in [2.45, 2.75) is 98.0 Å². The van der Waals surface area contributed by atoms with E-state index >= 15 is 0 Å². The summed E-state index contributed by atoms with van der Waals surface area (Å²) in [6.07, 6.45) is 14.4. The van der Waals surface area contributed by atoms with Crippen molar-refractivity contribution in [2.24, 2.45) is 40.4 Å². The summed E-state index contributed by atoms with van der Waals surface area (Å²) in [4.78, 5) is 11.6. The third kappa shape index (κ3) is 4.89. The summed E-state index contributed by atoms with van der Waals surface area (Å²) in [5.74, 6) is 4.46. The van der Waals surface area contributed by atoms with Crippen LogP contribution in [0.2, 0.25) is 0 Å². The van der Waals surface area contributed by atoms with Crippen LogP contribution >= 0.6 is 46.0 Å². The summed E-state index contributed by atoms with van der Waals surface area (Å²) in [6, 6.07) is 0. The van der Waals surface area contributed by atoms with Gasteiger partial charge >= 0.3 is 5.97 Å². The average molecular weight is 672 g/mol. The van der Waals surface area contributed by atoms with Crippen LogP contribution in [0, 0.1) is 40.4 Å². The van der Waals surface area contributed by atoms with Crippen LogP contribution in [-0.4, -0.2) is 19.2 Å². The van der Waals surface area contributed by atoms with Gasteiger partial charge in [0, 0.05) is 12.3 Å². The van der Waals surface area contributed by atoms with Gasteiger partial charge in [-0.3, -0.25) is 4.79 Å². The Morgan fingerprint density at radius 1 is 1.06 bits per heavy atom. The fraction of sp³-hybridized carbons (Fsp3) is 0.885. The van der Waals surface area contributed by atoms with E-state index in [0.29, 0.717) is 41.1 Å². The zero-order valence-electron chi connectivity index (χ0n) is 20.5. The molecule has 0 aliphatic heterocycles. The van der Waals surface area contributed by atoms with E-state index in [1.54, 1.807) is 0 Å². The van der Waals surface area contributed by atoms with Gasteiger partial charge in [0.2, 0.25) is 0 Å². The molecule has 4 rings (SSSR count). The van der Waals surface area contributed by atoms with Crippen molar-refractivity contribution in [1.29, 1.82) is 0 Å². The molecule has 5 unspecified atom stereocenters. The van der Waals surface area contributed by atoms with Crippen molar-refractivity contribution in [3.63, 3.8) is 0 Å². The quantitative estimate of drug-likeness (QED) is 0.211. The first-order valence-electron chi connectivity index (χ1n) is 12.7. The number of carbonyl (C=O) groups is 1. The SMILES string of the molecule is CC.COC(=O)CCCC1CCC2C3C(OI)=C[C@@H]4C[C@H](OI)CC[C@]4(C)C3CCC12C. The summed E-state index contributed by atoms with van der Waals surface area (Å²) in [5, 5.41) is 0. The van der Waals surface area contributed by atoms with Crippen molar-refractivity contribution in [1.82, 2.24) is 0 Å². The van der Waals surface area contributed by atoms with Crippen LogP contribution in [0.25, 0.3) is 0 Å². The molecule has 32 heavy (non-hydrogen) atoms. The lowest BCUT2D eigenvalue weighted by Gasteiger charge is -2.59. The summed E-state index contributed by atoms with van der Waals surface area (Å²) < 4.78 is 16.6. The molecule has 0 bridgehead atoms. The molecular formula is C26H42I2O4. The molecule has 0 aromatic carbocycles. The van der Waals surface area contributed by atoms with Crippen LogP contribution in [0.15, 0.2) is 11.8 Å². The zero-order chi connectivity index (χ0) is 23.5. The molecule has 8 atom stereocenters. The van der Waals surface area contributed by atoms with Crippen LogP contribution in [0.3, 0.4) is 0 Å². The van der Waals surface area contributed by atoms with Crippen molar-refractivity contribution in [2.75, 3.05) is 7.11 Å². The minimum absolute atomic E-state index is 0.0701. The fourth-order valence-electron chi connectivity index (χ4n) is 7.97. The van der Waals surface area contributed by atoms with Crippen LogP contribution in [0.1, 0.15) is 91.9 Å². The third-order valence-electron chi connectivity index (χ3n) is 9.75. The number of halogens is 2. The number of hydrogen-bond acceptors (Lipinski definition) is 4. The maximum Gasteiger partial charge on any atom is 0.305 e. The van der Waals surface area contributed by atoms with Gasteiger partial charge in [0.05, 0.1) is 13.2 Å². The van der Waals surface area contributed by atoms with E-state index in [2.05, 4.69) is 65.9 Å². The summed E-state index contributed by atoms with van der Waals surface area (Å²) in [5.41, 5.74) is 0.747. The van der Waals surface area contributed by atoms with Gasteiger partial charge in [-0.1, -0.05) is 27.7 Å². The minimum atomic E-state index is -0.0701. The van der Waals surface area contributed by atoms with Crippen molar-refractivity contribution < 1.29 is 15.7 Å². The lowest BCUT2D eigenvalue weighted by molar-refractivity contribution is -0.140. The fourth-order valence-corrected chi connectivity index (χ4v) is 8.87. The van der Waals surface area contributed by atoms with Crippen LogP contribution in [-0.2, 0) is 15.7 Å². The number of ether oxygens (including phenoxy) is 1. The highest BCUT2D eigenvalue weighted by atomic mass is 127. The van der Waals surface area contributed by atoms with Gasteiger partial charge in [0.15, 0.2) is 23.0 Å². The van der Waals surface area contributed by atoms with Crippen LogP contribution in [0.4, 0.5) is 0 Å². The van der Waals surface area contributed by atoms with Crippen molar-refractivity contribution >= 4 is 52.0 Å². The normalized spacial score (nSPS) is 42.4. The maximum absolute atomic E-state index is 11.6. The molecule has 4 nitrogen and oxygen atoms in total. The molecule has 184 valence electrons. The Kier molecular flexibility index (Phi) is 9.66. The molecule has 3 fully saturated rings. The number of hydrogen-bond donors (Lipinski definition) is 0. The molecule has 0 N–H and O–H groups in total. The molecule has 0 saturated heterocycles. The van der Waals surface area contributed by atoms with Gasteiger partial charge in [-0.05, 0) is 98.4 Å². The van der Waals surface area contributed by atoms with E-state index in [9.17, 15) is 4.79 Å². The average Bonchev–Trinajstić information content (AvgIpc) is 3.15. The van der Waals surface area contributed by atoms with Gasteiger partial charge in [0.25, 0.3) is 0 Å². The van der Waals surface area contributed by atoms with Gasteiger partial charge in [-0.25, -0.2) is 0 Å². The van der Waals surface area contributed by atoms with E-state index in [-0.39, 0.29) is 5.97 Å². The van der Waals surface area contributed by atoms with Gasteiger partial charge in [-0.2, -0.15) is 0 Å². The molecule has 0 amide bonds. The highest BCUT2D eigenvalue weighted by Crippen LogP contribution is 2.68. The van der Waals surface area contributed by atoms with E-state index in [0.717, 1.165) is 31.1 Å². The predicted octanol–water partition coefficient (Wildman–Crippen LogP) is 8.22. The van der Waals surface area contributed by atoms with Crippen molar-refractivity contribution in [3.8, 4) is 0 Å². The zero-order valence-corrected chi connectivity index (χ0v) is 24.8. The third-order valence-corrected chi connectivity index (χ3v) is 11.0. The van der Waals surface area contributed by atoms with E-state index in [4.69, 9.17) is 10.9 Å². The van der Waals surface area contributed by atoms with E-state index < -0.39 is 0 Å². The lowest BCUT2D eigenvalue weighted by atomic mass is 9.46. The highest BCUT2D eigenvalue weighted by molar-refractivity contribution is 14.1. The Morgan fingerprint density at radius 2 is 1.75 bits per heavy atom. The van der Waals surface area contributed by atoms with Gasteiger partial charge in [0.1, 0.15) is 28.8 Å². The summed E-state index contributed by atoms with van der Waals surface area (Å²) in [6.45, 7) is 9.11. The number of allylic oxidation sites excluding steroid dienone is 2. The second-order valence-electron chi connectivity index (χ2n) is 10.8. The Morgan fingerprint density at radius 3 is 2.41 bits per heavy atom. The van der Waals surface area contributed by atoms with E-state index in [1.807, 2.05) is 13.8 Å². The maximum atomic E-state index is 11.6. The number of esters is 1. The molecule has 0 heterocycles. The molecule has 4 aliphatic carbocycles. The number of carbonyl (C=O) groups excluding carboxylic acids is 1. The summed E-state index contributed by atoms with van der Waals surface area (Å²) >= 11 is 4.21. The molecule has 0 aromatic heterocycles. The molecule has 0 radical (unpaired) electrons. The van der Waals surface area contributed by atoms with Crippen LogP contribution < -0.4 is 0 Å². The number of rotatable bonds is 6. The Bertz CT molecular complexity index is 683. The lowest BCUT2D eigenvalue weighted by Crippen LogP contribution is -2.53. The first-order valence-corrected chi connectivity index (χ1v) is 14.5. The molecule has 4 aliphatic rings. The minimum Gasteiger partial charge on any atom is -0.469 e. The first-order chi connectivity index (χ1) is 15.4. The first kappa shape index (κ1) is 27.0. The molecule has 0 aromatic rings.